The zero-order valence-electron chi connectivity index (χ0n) is 8.89. The molecule has 0 spiro atoms. The molecule has 0 saturated heterocycles. The molecule has 0 aromatic heterocycles. The highest BCUT2D eigenvalue weighted by Gasteiger charge is 2.30. The van der Waals surface area contributed by atoms with Crippen LogP contribution in [-0.4, -0.2) is 14.5 Å². The molecule has 0 aliphatic rings. The summed E-state index contributed by atoms with van der Waals surface area (Å²) in [6.45, 7) is 8.75. The molecule has 0 rings (SSSR count). The Morgan fingerprint density at radius 1 is 1.08 bits per heavy atom. The highest BCUT2D eigenvalue weighted by molar-refractivity contribution is 6.73. The monoisotopic (exact) mass is 189 g/mol. The van der Waals surface area contributed by atoms with Crippen molar-refractivity contribution in [3.8, 4) is 0 Å². The molecular formula is C9H23NOSi. The molecule has 0 radical (unpaired) electrons. The molecule has 2 nitrogen and oxygen atoms in total. The van der Waals surface area contributed by atoms with Crippen molar-refractivity contribution < 1.29 is 4.43 Å². The molecule has 3 heteroatoms. The highest BCUT2D eigenvalue weighted by Crippen LogP contribution is 2.22. The normalized spacial score (nSPS) is 14.8. The van der Waals surface area contributed by atoms with Crippen molar-refractivity contribution in [2.75, 3.05) is 0 Å². The van der Waals surface area contributed by atoms with Crippen molar-refractivity contribution in [3.05, 3.63) is 0 Å². The first-order valence-corrected chi connectivity index (χ1v) is 7.60. The quantitative estimate of drug-likeness (QED) is 0.515. The number of rotatable bonds is 6. The van der Waals surface area contributed by atoms with Crippen molar-refractivity contribution in [1.29, 1.82) is 0 Å². The average molecular weight is 189 g/mol. The molecule has 12 heavy (non-hydrogen) atoms. The zero-order valence-corrected chi connectivity index (χ0v) is 9.89. The SMILES string of the molecule is CCC(N)O[Si](CC)(CC)CC. The summed E-state index contributed by atoms with van der Waals surface area (Å²) in [5.74, 6) is 0. The zero-order chi connectivity index (χ0) is 9.61. The molecule has 0 amide bonds. The third-order valence-electron chi connectivity index (χ3n) is 2.74. The summed E-state index contributed by atoms with van der Waals surface area (Å²) in [5.41, 5.74) is 5.80. The van der Waals surface area contributed by atoms with Gasteiger partial charge in [-0.25, -0.2) is 0 Å². The Balaban J connectivity index is 4.09. The van der Waals surface area contributed by atoms with Crippen LogP contribution in [0, 0.1) is 0 Å². The lowest BCUT2D eigenvalue weighted by atomic mass is 10.5. The molecule has 0 aromatic carbocycles. The molecular weight excluding hydrogens is 166 g/mol. The first-order chi connectivity index (χ1) is 5.64. The van der Waals surface area contributed by atoms with E-state index >= 15 is 0 Å². The first kappa shape index (κ1) is 12.1. The van der Waals surface area contributed by atoms with Gasteiger partial charge >= 0.3 is 0 Å². The van der Waals surface area contributed by atoms with Gasteiger partial charge in [-0.2, -0.15) is 0 Å². The van der Waals surface area contributed by atoms with Crippen LogP contribution >= 0.6 is 0 Å². The minimum atomic E-state index is -1.43. The number of hydrogen-bond donors (Lipinski definition) is 1. The summed E-state index contributed by atoms with van der Waals surface area (Å²) >= 11 is 0. The molecule has 1 atom stereocenters. The average Bonchev–Trinajstić information content (AvgIpc) is 2.14. The van der Waals surface area contributed by atoms with Crippen molar-refractivity contribution in [2.24, 2.45) is 5.73 Å². The smallest absolute Gasteiger partial charge is 0.194 e. The van der Waals surface area contributed by atoms with Gasteiger partial charge in [0.1, 0.15) is 0 Å². The molecule has 2 N–H and O–H groups in total. The fraction of sp³-hybridized carbons (Fsp3) is 1.00. The predicted octanol–water partition coefficient (Wildman–Crippen LogP) is 2.70. The molecule has 0 aliphatic carbocycles. The maximum atomic E-state index is 5.95. The van der Waals surface area contributed by atoms with Crippen LogP contribution in [0.15, 0.2) is 0 Å². The Bertz CT molecular complexity index is 107. The molecule has 1 unspecified atom stereocenters. The van der Waals surface area contributed by atoms with Gasteiger partial charge in [-0.15, -0.1) is 0 Å². The summed E-state index contributed by atoms with van der Waals surface area (Å²) < 4.78 is 5.95. The van der Waals surface area contributed by atoms with Crippen LogP contribution in [0.4, 0.5) is 0 Å². The van der Waals surface area contributed by atoms with E-state index in [1.807, 2.05) is 0 Å². The second-order valence-corrected chi connectivity index (χ2v) is 8.03. The van der Waals surface area contributed by atoms with E-state index in [1.54, 1.807) is 0 Å². The van der Waals surface area contributed by atoms with Crippen LogP contribution in [0.5, 0.6) is 0 Å². The van der Waals surface area contributed by atoms with Crippen molar-refractivity contribution in [1.82, 2.24) is 0 Å². The van der Waals surface area contributed by atoms with Crippen molar-refractivity contribution in [2.45, 2.75) is 58.5 Å². The maximum absolute atomic E-state index is 5.95. The highest BCUT2D eigenvalue weighted by atomic mass is 28.4. The van der Waals surface area contributed by atoms with Crippen LogP contribution in [-0.2, 0) is 4.43 Å². The second-order valence-electron chi connectivity index (χ2n) is 3.31. The minimum Gasteiger partial charge on any atom is -0.402 e. The molecule has 0 heterocycles. The Kier molecular flexibility index (Phi) is 5.79. The van der Waals surface area contributed by atoms with E-state index < -0.39 is 8.32 Å². The van der Waals surface area contributed by atoms with Crippen LogP contribution in [0.2, 0.25) is 18.1 Å². The van der Waals surface area contributed by atoms with Gasteiger partial charge in [0.2, 0.25) is 0 Å². The molecule has 0 saturated carbocycles. The van der Waals surface area contributed by atoms with Gasteiger partial charge in [0.05, 0.1) is 6.23 Å². The first-order valence-electron chi connectivity index (χ1n) is 5.07. The predicted molar refractivity (Wildman–Crippen MR) is 56.5 cm³/mol. The molecule has 0 aromatic rings. The van der Waals surface area contributed by atoms with Crippen LogP contribution < -0.4 is 5.73 Å². The lowest BCUT2D eigenvalue weighted by Crippen LogP contribution is -2.42. The molecule has 0 aliphatic heterocycles. The van der Waals surface area contributed by atoms with Crippen LogP contribution in [0.25, 0.3) is 0 Å². The van der Waals surface area contributed by atoms with Crippen LogP contribution in [0.1, 0.15) is 34.1 Å². The Morgan fingerprint density at radius 2 is 1.50 bits per heavy atom. The van der Waals surface area contributed by atoms with Gasteiger partial charge in [-0.3, -0.25) is 0 Å². The second kappa shape index (κ2) is 5.73. The van der Waals surface area contributed by atoms with E-state index in [1.165, 1.54) is 18.1 Å². The standard InChI is InChI=1S/C9H23NOSi/c1-5-9(10)11-12(6-2,7-3)8-4/h9H,5-8,10H2,1-4H3. The van der Waals surface area contributed by atoms with Crippen molar-refractivity contribution >= 4 is 8.32 Å². The van der Waals surface area contributed by atoms with Gasteiger partial charge in [0, 0.05) is 0 Å². The fourth-order valence-corrected chi connectivity index (χ4v) is 4.21. The summed E-state index contributed by atoms with van der Waals surface area (Å²) in [4.78, 5) is 0. The van der Waals surface area contributed by atoms with Gasteiger partial charge in [0.25, 0.3) is 0 Å². The summed E-state index contributed by atoms with van der Waals surface area (Å²) in [7, 11) is -1.43. The topological polar surface area (TPSA) is 35.2 Å². The number of hydrogen-bond acceptors (Lipinski definition) is 2. The lowest BCUT2D eigenvalue weighted by molar-refractivity contribution is 0.189. The van der Waals surface area contributed by atoms with Crippen molar-refractivity contribution in [3.63, 3.8) is 0 Å². The molecule has 0 fully saturated rings. The molecule has 74 valence electrons. The lowest BCUT2D eigenvalue weighted by Gasteiger charge is -2.31. The van der Waals surface area contributed by atoms with Gasteiger partial charge < -0.3 is 10.2 Å². The minimum absolute atomic E-state index is 0.0310. The number of nitrogens with two attached hydrogens (primary N) is 1. The van der Waals surface area contributed by atoms with Gasteiger partial charge in [0.15, 0.2) is 8.32 Å². The molecule has 0 bridgehead atoms. The maximum Gasteiger partial charge on any atom is 0.194 e. The Labute approximate surface area is 77.6 Å². The van der Waals surface area contributed by atoms with E-state index in [9.17, 15) is 0 Å². The van der Waals surface area contributed by atoms with E-state index in [0.29, 0.717) is 0 Å². The Hall–Kier alpha value is 0.137. The fourth-order valence-electron chi connectivity index (χ4n) is 1.40. The third-order valence-corrected chi connectivity index (χ3v) is 7.41. The summed E-state index contributed by atoms with van der Waals surface area (Å²) in [6, 6.07) is 3.56. The van der Waals surface area contributed by atoms with Gasteiger partial charge in [-0.1, -0.05) is 27.7 Å². The van der Waals surface area contributed by atoms with Gasteiger partial charge in [-0.05, 0) is 24.6 Å². The third kappa shape index (κ3) is 3.25. The largest absolute Gasteiger partial charge is 0.402 e. The Morgan fingerprint density at radius 3 is 1.75 bits per heavy atom. The summed E-state index contributed by atoms with van der Waals surface area (Å²) in [6.07, 6.45) is 0.894. The van der Waals surface area contributed by atoms with E-state index in [0.717, 1.165) is 6.42 Å². The summed E-state index contributed by atoms with van der Waals surface area (Å²) in [5, 5.41) is 0. The van der Waals surface area contributed by atoms with E-state index in [-0.39, 0.29) is 6.23 Å². The van der Waals surface area contributed by atoms with E-state index in [2.05, 4.69) is 27.7 Å². The van der Waals surface area contributed by atoms with Crippen LogP contribution in [0.3, 0.4) is 0 Å². The van der Waals surface area contributed by atoms with E-state index in [4.69, 9.17) is 10.2 Å².